The van der Waals surface area contributed by atoms with E-state index in [0.717, 1.165) is 5.56 Å². The topological polar surface area (TPSA) is 78.2 Å². The molecule has 0 saturated carbocycles. The van der Waals surface area contributed by atoms with Crippen LogP contribution in [0.25, 0.3) is 0 Å². The highest BCUT2D eigenvalue weighted by Crippen LogP contribution is 2.11. The molecule has 6 heteroatoms. The van der Waals surface area contributed by atoms with Gasteiger partial charge in [0.2, 0.25) is 0 Å². The molecule has 17 heavy (non-hydrogen) atoms. The lowest BCUT2D eigenvalue weighted by molar-refractivity contribution is 0.501. The van der Waals surface area contributed by atoms with Crippen LogP contribution in [0.5, 0.6) is 0 Å². The van der Waals surface area contributed by atoms with Crippen molar-refractivity contribution in [3.63, 3.8) is 0 Å². The highest BCUT2D eigenvalue weighted by molar-refractivity contribution is 8.09. The van der Waals surface area contributed by atoms with E-state index in [0.29, 0.717) is 0 Å². The molecule has 96 valence electrons. The van der Waals surface area contributed by atoms with Crippen LogP contribution in [0.1, 0.15) is 32.3 Å². The Balaban J connectivity index is 0. The SMILES string of the molecule is CC.CC(C#N)c1ccccc1.O=S(=O)(O)Cl. The zero-order chi connectivity index (χ0) is 13.9. The van der Waals surface area contributed by atoms with Gasteiger partial charge < -0.3 is 0 Å². The molecule has 0 heterocycles. The van der Waals surface area contributed by atoms with Crippen LogP contribution in [0.3, 0.4) is 0 Å². The average molecular weight is 278 g/mol. The maximum atomic E-state index is 8.95. The maximum Gasteiger partial charge on any atom is 0.353 e. The summed E-state index contributed by atoms with van der Waals surface area (Å²) in [5, 5.41) is 8.54. The Kier molecular flexibility index (Phi) is 10.8. The number of nitriles is 1. The normalized spacial score (nSPS) is 10.8. The molecule has 0 saturated heterocycles. The van der Waals surface area contributed by atoms with Gasteiger partial charge in [-0.25, -0.2) is 0 Å². The van der Waals surface area contributed by atoms with Crippen molar-refractivity contribution in [2.75, 3.05) is 0 Å². The Morgan fingerprint density at radius 2 is 1.65 bits per heavy atom. The van der Waals surface area contributed by atoms with Crippen molar-refractivity contribution >= 4 is 20.0 Å². The second-order valence-corrected chi connectivity index (χ2v) is 4.67. The summed E-state index contributed by atoms with van der Waals surface area (Å²) in [5.41, 5.74) is 1.09. The first-order valence-electron chi connectivity index (χ1n) is 4.96. The van der Waals surface area contributed by atoms with E-state index in [-0.39, 0.29) is 5.92 Å². The fourth-order valence-electron chi connectivity index (χ4n) is 0.816. The molecule has 0 spiro atoms. The lowest BCUT2D eigenvalue weighted by Crippen LogP contribution is -1.86. The predicted molar refractivity (Wildman–Crippen MR) is 69.2 cm³/mol. The first kappa shape index (κ1) is 18.3. The summed E-state index contributed by atoms with van der Waals surface area (Å²) in [4.78, 5) is 0. The van der Waals surface area contributed by atoms with Gasteiger partial charge in [-0.1, -0.05) is 44.2 Å². The summed E-state index contributed by atoms with van der Waals surface area (Å²) in [6, 6.07) is 12.0. The molecule has 1 N–H and O–H groups in total. The minimum atomic E-state index is -4.19. The van der Waals surface area contributed by atoms with E-state index in [1.807, 2.05) is 51.1 Å². The van der Waals surface area contributed by atoms with Gasteiger partial charge in [-0.05, 0) is 12.5 Å². The lowest BCUT2D eigenvalue weighted by Gasteiger charge is -1.99. The number of benzene rings is 1. The monoisotopic (exact) mass is 277 g/mol. The van der Waals surface area contributed by atoms with Gasteiger partial charge in [-0.3, -0.25) is 4.55 Å². The van der Waals surface area contributed by atoms with Crippen molar-refractivity contribution < 1.29 is 13.0 Å². The molecule has 1 rings (SSSR count). The van der Waals surface area contributed by atoms with Gasteiger partial charge in [0.1, 0.15) is 0 Å². The van der Waals surface area contributed by atoms with Crippen LogP contribution in [0.4, 0.5) is 0 Å². The third kappa shape index (κ3) is 14.9. The number of rotatable bonds is 1. The molecule has 1 unspecified atom stereocenters. The van der Waals surface area contributed by atoms with Crippen LogP contribution in [0.2, 0.25) is 0 Å². The second-order valence-electron chi connectivity index (χ2n) is 2.67. The number of hydrogen-bond donors (Lipinski definition) is 1. The van der Waals surface area contributed by atoms with Crippen LogP contribution in [-0.4, -0.2) is 13.0 Å². The summed E-state index contributed by atoms with van der Waals surface area (Å²) >= 11 is 0. The predicted octanol–water partition coefficient (Wildman–Crippen LogP) is 3.37. The molecule has 0 amide bonds. The van der Waals surface area contributed by atoms with E-state index < -0.39 is 9.33 Å². The molecule has 0 fully saturated rings. The zero-order valence-electron chi connectivity index (χ0n) is 9.96. The molecule has 4 nitrogen and oxygen atoms in total. The molecule has 0 aliphatic heterocycles. The Bertz CT molecular complexity index is 418. The van der Waals surface area contributed by atoms with Crippen molar-refractivity contribution in [1.82, 2.24) is 0 Å². The highest BCUT2D eigenvalue weighted by Gasteiger charge is 1.99. The van der Waals surface area contributed by atoms with Gasteiger partial charge >= 0.3 is 9.33 Å². The molecular weight excluding hydrogens is 262 g/mol. The summed E-state index contributed by atoms with van der Waals surface area (Å²) in [6.45, 7) is 5.90. The standard InChI is InChI=1S/C9H9N.C2H6.ClHO3S/c1-8(7-10)9-5-3-2-4-6-9;1-2;1-5(2,3)4/h2-6,8H,1H3;1-2H3;(H,2,3,4). The highest BCUT2D eigenvalue weighted by atomic mass is 35.7. The van der Waals surface area contributed by atoms with Crippen molar-refractivity contribution in [1.29, 1.82) is 5.26 Å². The molecule has 0 aliphatic carbocycles. The van der Waals surface area contributed by atoms with E-state index in [4.69, 9.17) is 18.2 Å². The number of nitrogens with zero attached hydrogens (tertiary/aromatic N) is 1. The molecule has 0 aromatic heterocycles. The van der Waals surface area contributed by atoms with Crippen molar-refractivity contribution in [2.45, 2.75) is 26.7 Å². The Hall–Kier alpha value is -1.09. The zero-order valence-corrected chi connectivity index (χ0v) is 11.5. The van der Waals surface area contributed by atoms with Crippen molar-refractivity contribution in [3.8, 4) is 6.07 Å². The van der Waals surface area contributed by atoms with Crippen LogP contribution in [-0.2, 0) is 9.33 Å². The third-order valence-electron chi connectivity index (χ3n) is 1.49. The first-order valence-corrected chi connectivity index (χ1v) is 7.23. The van der Waals surface area contributed by atoms with Gasteiger partial charge in [0.15, 0.2) is 0 Å². The Labute approximate surface area is 107 Å². The van der Waals surface area contributed by atoms with E-state index >= 15 is 0 Å². The minimum absolute atomic E-state index is 0.0150. The Morgan fingerprint density at radius 3 is 1.94 bits per heavy atom. The smallest absolute Gasteiger partial charge is 0.273 e. The fraction of sp³-hybridized carbons (Fsp3) is 0.364. The summed E-state index contributed by atoms with van der Waals surface area (Å²) in [6.07, 6.45) is 0. The summed E-state index contributed by atoms with van der Waals surface area (Å²) in [5.74, 6) is 0.0150. The number of halogens is 1. The molecule has 1 aromatic rings. The van der Waals surface area contributed by atoms with E-state index in [1.165, 1.54) is 0 Å². The lowest BCUT2D eigenvalue weighted by atomic mass is 10.0. The van der Waals surface area contributed by atoms with E-state index in [1.54, 1.807) is 0 Å². The van der Waals surface area contributed by atoms with Gasteiger partial charge in [0.05, 0.1) is 12.0 Å². The fourth-order valence-corrected chi connectivity index (χ4v) is 0.816. The van der Waals surface area contributed by atoms with Crippen LogP contribution in [0.15, 0.2) is 30.3 Å². The van der Waals surface area contributed by atoms with Crippen LogP contribution >= 0.6 is 10.7 Å². The van der Waals surface area contributed by atoms with Crippen LogP contribution in [0, 0.1) is 11.3 Å². The molecule has 1 atom stereocenters. The van der Waals surface area contributed by atoms with Gasteiger partial charge in [-0.15, -0.1) is 0 Å². The summed E-state index contributed by atoms with van der Waals surface area (Å²) in [7, 11) is -0.137. The second kappa shape index (κ2) is 10.1. The molecule has 0 radical (unpaired) electrons. The maximum absolute atomic E-state index is 8.95. The van der Waals surface area contributed by atoms with E-state index in [2.05, 4.69) is 16.8 Å². The van der Waals surface area contributed by atoms with Crippen LogP contribution < -0.4 is 0 Å². The van der Waals surface area contributed by atoms with E-state index in [9.17, 15) is 0 Å². The van der Waals surface area contributed by atoms with Gasteiger partial charge in [-0.2, -0.15) is 13.7 Å². The number of hydrogen-bond acceptors (Lipinski definition) is 3. The largest absolute Gasteiger partial charge is 0.353 e. The minimum Gasteiger partial charge on any atom is -0.273 e. The van der Waals surface area contributed by atoms with Gasteiger partial charge in [0.25, 0.3) is 0 Å². The molecule has 0 bridgehead atoms. The molecular formula is C11H16ClNO3S. The quantitative estimate of drug-likeness (QED) is 0.630. The average Bonchev–Trinajstić information content (AvgIpc) is 2.30. The molecule has 0 aliphatic rings. The molecule has 1 aromatic carbocycles. The summed E-state index contributed by atoms with van der Waals surface area (Å²) < 4.78 is 25.2. The van der Waals surface area contributed by atoms with Gasteiger partial charge in [0, 0.05) is 10.7 Å². The Morgan fingerprint density at radius 1 is 1.29 bits per heavy atom. The first-order chi connectivity index (χ1) is 7.84. The van der Waals surface area contributed by atoms with Crippen molar-refractivity contribution in [2.24, 2.45) is 0 Å². The van der Waals surface area contributed by atoms with Crippen molar-refractivity contribution in [3.05, 3.63) is 35.9 Å². The third-order valence-corrected chi connectivity index (χ3v) is 1.49.